The minimum Gasteiger partial charge on any atom is -0.387 e. The monoisotopic (exact) mass is 264 g/mol. The van der Waals surface area contributed by atoms with E-state index in [1.54, 1.807) is 0 Å². The van der Waals surface area contributed by atoms with Crippen molar-refractivity contribution in [2.24, 2.45) is 0 Å². The molecule has 0 aromatic heterocycles. The normalized spacial score (nSPS) is 18.6. The minimum absolute atomic E-state index is 0.110. The van der Waals surface area contributed by atoms with Crippen molar-refractivity contribution in [1.29, 1.82) is 0 Å². The van der Waals surface area contributed by atoms with Gasteiger partial charge in [0.05, 0.1) is 0 Å². The first-order valence-electron chi connectivity index (χ1n) is 5.02. The molecule has 0 aromatic rings. The van der Waals surface area contributed by atoms with Gasteiger partial charge >= 0.3 is 0 Å². The molecule has 0 aliphatic carbocycles. The second kappa shape index (κ2) is 6.12. The fourth-order valence-corrected chi connectivity index (χ4v) is 1.38. The summed E-state index contributed by atoms with van der Waals surface area (Å²) >= 11 is 0. The van der Waals surface area contributed by atoms with Gasteiger partial charge in [0, 0.05) is 0 Å². The number of hydrogen-bond donors (Lipinski definition) is 5. The Morgan fingerprint density at radius 1 is 1.00 bits per heavy atom. The lowest BCUT2D eigenvalue weighted by Crippen LogP contribution is -2.62. The smallest absolute Gasteiger partial charge is 0.209 e. The Balaban J connectivity index is 5.23. The van der Waals surface area contributed by atoms with Crippen LogP contribution in [0.1, 0.15) is 13.8 Å². The van der Waals surface area contributed by atoms with Gasteiger partial charge < -0.3 is 30.3 Å². The van der Waals surface area contributed by atoms with E-state index in [0.29, 0.717) is 0 Å². The quantitative estimate of drug-likeness (QED) is 0.235. The van der Waals surface area contributed by atoms with Crippen LogP contribution < -0.4 is 0 Å². The highest BCUT2D eigenvalue weighted by molar-refractivity contribution is 6.09. The van der Waals surface area contributed by atoms with Crippen LogP contribution in [0.2, 0.25) is 0 Å². The largest absolute Gasteiger partial charge is 0.387 e. The van der Waals surface area contributed by atoms with Crippen molar-refractivity contribution in [2.75, 3.05) is 0 Å². The van der Waals surface area contributed by atoms with Crippen LogP contribution in [0.3, 0.4) is 0 Å². The highest BCUT2D eigenvalue weighted by atomic mass is 16.4. The first-order valence-corrected chi connectivity index (χ1v) is 5.02. The Morgan fingerprint density at radius 2 is 1.39 bits per heavy atom. The van der Waals surface area contributed by atoms with Crippen molar-refractivity contribution in [3.8, 4) is 0 Å². The third kappa shape index (κ3) is 2.98. The average Bonchev–Trinajstić information content (AvgIpc) is 2.33. The van der Waals surface area contributed by atoms with Crippen molar-refractivity contribution < 1.29 is 39.9 Å². The summed E-state index contributed by atoms with van der Waals surface area (Å²) in [4.78, 5) is 32.5. The van der Waals surface area contributed by atoms with Crippen LogP contribution in [-0.2, 0) is 14.4 Å². The van der Waals surface area contributed by atoms with Gasteiger partial charge in [0.1, 0.15) is 24.4 Å². The highest BCUT2D eigenvalue weighted by Crippen LogP contribution is 2.19. The molecule has 8 nitrogen and oxygen atoms in total. The number of Topliss-reactive ketones (excluding diaryl/α,β-unsaturated/α-hetero) is 2. The molecule has 0 unspecified atom stereocenters. The molecule has 4 atom stereocenters. The number of carbonyl (C=O) groups excluding carboxylic acids is 3. The molecule has 18 heavy (non-hydrogen) atoms. The first kappa shape index (κ1) is 16.8. The number of rotatable bonds is 7. The Labute approximate surface area is 102 Å². The SMILES string of the molecule is CC(=O)C(O)(C(C)=O)[C@@H](O)[C@@H](O)[C@H](O)[C@@H](O)C=O. The maximum absolute atomic E-state index is 11.2. The van der Waals surface area contributed by atoms with Gasteiger partial charge in [-0.25, -0.2) is 0 Å². The van der Waals surface area contributed by atoms with E-state index in [9.17, 15) is 34.8 Å². The molecule has 0 saturated heterocycles. The Morgan fingerprint density at radius 3 is 1.67 bits per heavy atom. The van der Waals surface area contributed by atoms with Gasteiger partial charge in [0.2, 0.25) is 5.60 Å². The van der Waals surface area contributed by atoms with E-state index in [1.807, 2.05) is 0 Å². The number of aldehydes is 1. The Bertz CT molecular complexity index is 325. The summed E-state index contributed by atoms with van der Waals surface area (Å²) in [5.41, 5.74) is -2.91. The summed E-state index contributed by atoms with van der Waals surface area (Å²) in [6, 6.07) is 0. The van der Waals surface area contributed by atoms with Crippen molar-refractivity contribution in [2.45, 2.75) is 43.9 Å². The topological polar surface area (TPSA) is 152 Å². The van der Waals surface area contributed by atoms with Gasteiger partial charge in [-0.05, 0) is 13.8 Å². The molecule has 0 aliphatic heterocycles. The fourth-order valence-electron chi connectivity index (χ4n) is 1.38. The number of aliphatic hydroxyl groups is 5. The van der Waals surface area contributed by atoms with E-state index < -0.39 is 41.6 Å². The zero-order chi connectivity index (χ0) is 14.7. The van der Waals surface area contributed by atoms with Crippen LogP contribution in [0.4, 0.5) is 0 Å². The molecule has 8 heteroatoms. The Kier molecular flexibility index (Phi) is 5.71. The van der Waals surface area contributed by atoms with Gasteiger partial charge in [-0.2, -0.15) is 0 Å². The number of hydrogen-bond acceptors (Lipinski definition) is 8. The lowest BCUT2D eigenvalue weighted by atomic mass is 9.83. The van der Waals surface area contributed by atoms with E-state index >= 15 is 0 Å². The zero-order valence-electron chi connectivity index (χ0n) is 9.85. The summed E-state index contributed by atoms with van der Waals surface area (Å²) in [6.07, 6.45) is -8.93. The van der Waals surface area contributed by atoms with Gasteiger partial charge in [0.15, 0.2) is 17.9 Å². The molecule has 0 aromatic carbocycles. The van der Waals surface area contributed by atoms with Gasteiger partial charge in [0.25, 0.3) is 0 Å². The lowest BCUT2D eigenvalue weighted by Gasteiger charge is -2.33. The van der Waals surface area contributed by atoms with E-state index in [2.05, 4.69) is 0 Å². The van der Waals surface area contributed by atoms with Crippen LogP contribution >= 0.6 is 0 Å². The molecule has 0 aliphatic rings. The second-order valence-electron chi connectivity index (χ2n) is 3.93. The van der Waals surface area contributed by atoms with E-state index in [-0.39, 0.29) is 6.29 Å². The van der Waals surface area contributed by atoms with Crippen molar-refractivity contribution >= 4 is 17.9 Å². The molecular formula is C10H16O8. The third-order valence-corrected chi connectivity index (χ3v) is 2.66. The molecule has 104 valence electrons. The summed E-state index contributed by atoms with van der Waals surface area (Å²) in [6.45, 7) is 1.61. The first-order chi connectivity index (χ1) is 8.10. The summed E-state index contributed by atoms with van der Waals surface area (Å²) in [5, 5.41) is 46.9. The van der Waals surface area contributed by atoms with Gasteiger partial charge in [-0.15, -0.1) is 0 Å². The molecule has 0 fully saturated rings. The molecule has 5 N–H and O–H groups in total. The lowest BCUT2D eigenvalue weighted by molar-refractivity contribution is -0.182. The summed E-state index contributed by atoms with van der Waals surface area (Å²) in [5.74, 6) is -2.29. The Hall–Kier alpha value is -1.19. The van der Waals surface area contributed by atoms with Crippen molar-refractivity contribution in [3.63, 3.8) is 0 Å². The molecule has 0 spiro atoms. The molecule has 0 heterocycles. The molecule has 0 bridgehead atoms. The predicted octanol–water partition coefficient (Wildman–Crippen LogP) is -3.46. The van der Waals surface area contributed by atoms with E-state index in [1.165, 1.54) is 0 Å². The predicted molar refractivity (Wildman–Crippen MR) is 56.4 cm³/mol. The molecule has 0 rings (SSSR count). The average molecular weight is 264 g/mol. The van der Waals surface area contributed by atoms with Crippen LogP contribution in [0.25, 0.3) is 0 Å². The highest BCUT2D eigenvalue weighted by Gasteiger charge is 2.50. The van der Waals surface area contributed by atoms with Gasteiger partial charge in [-0.1, -0.05) is 0 Å². The number of ketones is 2. The fraction of sp³-hybridized carbons (Fsp3) is 0.700. The summed E-state index contributed by atoms with van der Waals surface area (Å²) < 4.78 is 0. The zero-order valence-corrected chi connectivity index (χ0v) is 9.85. The second-order valence-corrected chi connectivity index (χ2v) is 3.93. The number of carbonyl (C=O) groups is 3. The molecular weight excluding hydrogens is 248 g/mol. The maximum Gasteiger partial charge on any atom is 0.209 e. The number of aliphatic hydroxyl groups excluding tert-OH is 4. The summed E-state index contributed by atoms with van der Waals surface area (Å²) in [7, 11) is 0. The molecule has 0 amide bonds. The van der Waals surface area contributed by atoms with Gasteiger partial charge in [-0.3, -0.25) is 9.59 Å². The van der Waals surface area contributed by atoms with Crippen LogP contribution in [0.5, 0.6) is 0 Å². The molecule has 0 saturated carbocycles. The van der Waals surface area contributed by atoms with E-state index in [4.69, 9.17) is 5.11 Å². The van der Waals surface area contributed by atoms with Crippen LogP contribution in [0.15, 0.2) is 0 Å². The van der Waals surface area contributed by atoms with Crippen LogP contribution in [-0.4, -0.2) is 73.4 Å². The third-order valence-electron chi connectivity index (χ3n) is 2.66. The standard InChI is InChI=1S/C10H16O8/c1-4(12)10(18,5(2)13)9(17)8(16)7(15)6(14)3-11/h3,6-9,14-18H,1-2H3/t6-,7+,8-,9-/m0/s1. The minimum atomic E-state index is -2.91. The van der Waals surface area contributed by atoms with Crippen LogP contribution in [0, 0.1) is 0 Å². The van der Waals surface area contributed by atoms with Crippen molar-refractivity contribution in [3.05, 3.63) is 0 Å². The van der Waals surface area contributed by atoms with Crippen molar-refractivity contribution in [1.82, 2.24) is 0 Å². The molecule has 0 radical (unpaired) electrons. The maximum atomic E-state index is 11.2. The van der Waals surface area contributed by atoms with E-state index in [0.717, 1.165) is 13.8 Å².